The van der Waals surface area contributed by atoms with Gasteiger partial charge >= 0.3 is 0 Å². The first-order chi connectivity index (χ1) is 12.0. The fourth-order valence-electron chi connectivity index (χ4n) is 2.44. The first kappa shape index (κ1) is 24.0. The molecule has 0 unspecified atom stereocenters. The lowest BCUT2D eigenvalue weighted by Gasteiger charge is -2.16. The van der Waals surface area contributed by atoms with Crippen molar-refractivity contribution < 1.29 is 4.79 Å². The number of rotatable bonds is 11. The normalized spacial score (nSPS) is 10.4. The molecule has 1 aromatic carbocycles. The summed E-state index contributed by atoms with van der Waals surface area (Å²) >= 11 is 1.52. The Morgan fingerprint density at radius 2 is 1.48 bits per heavy atom. The fraction of sp³-hybridized carbons (Fsp3) is 0.667. The summed E-state index contributed by atoms with van der Waals surface area (Å²) in [6.07, 6.45) is 7.98. The standard InChI is InChI=1S/C19H32N2OS.C2H6/c1-5-6-7-8-9-10-11-19(22)21(4)23-18-14-12-17(13-15-18)16-20(2)3;1-2/h12-15H,5-11,16H2,1-4H3;1-2H3. The van der Waals surface area contributed by atoms with E-state index >= 15 is 0 Å². The molecular weight excluding hydrogens is 328 g/mol. The number of hydrogen-bond acceptors (Lipinski definition) is 3. The maximum absolute atomic E-state index is 12.1. The van der Waals surface area contributed by atoms with Crippen molar-refractivity contribution in [2.75, 3.05) is 21.1 Å². The van der Waals surface area contributed by atoms with Crippen molar-refractivity contribution in [3.05, 3.63) is 29.8 Å². The van der Waals surface area contributed by atoms with E-state index in [1.54, 1.807) is 4.31 Å². The molecular formula is C21H38N2OS. The van der Waals surface area contributed by atoms with Gasteiger partial charge in [-0.2, -0.15) is 0 Å². The zero-order valence-electron chi connectivity index (χ0n) is 17.2. The summed E-state index contributed by atoms with van der Waals surface area (Å²) in [5.41, 5.74) is 1.29. The predicted octanol–water partition coefficient (Wildman–Crippen LogP) is 5.99. The maximum Gasteiger partial charge on any atom is 0.232 e. The zero-order valence-corrected chi connectivity index (χ0v) is 18.0. The van der Waals surface area contributed by atoms with Crippen molar-refractivity contribution in [2.24, 2.45) is 0 Å². The quantitative estimate of drug-likeness (QED) is 0.355. The van der Waals surface area contributed by atoms with E-state index in [2.05, 4.69) is 50.2 Å². The summed E-state index contributed by atoms with van der Waals surface area (Å²) in [5.74, 6) is 0.225. The molecule has 0 saturated heterocycles. The highest BCUT2D eigenvalue weighted by molar-refractivity contribution is 7.97. The van der Waals surface area contributed by atoms with Crippen LogP contribution in [0.2, 0.25) is 0 Å². The molecule has 0 aliphatic heterocycles. The lowest BCUT2D eigenvalue weighted by atomic mass is 10.1. The van der Waals surface area contributed by atoms with Gasteiger partial charge in [0.25, 0.3) is 0 Å². The first-order valence-electron chi connectivity index (χ1n) is 9.71. The van der Waals surface area contributed by atoms with Crippen molar-refractivity contribution in [3.63, 3.8) is 0 Å². The molecule has 1 rings (SSSR count). The molecule has 0 N–H and O–H groups in total. The Balaban J connectivity index is 0.00000277. The van der Waals surface area contributed by atoms with Gasteiger partial charge in [-0.1, -0.05) is 65.0 Å². The van der Waals surface area contributed by atoms with Gasteiger partial charge in [0.2, 0.25) is 5.91 Å². The van der Waals surface area contributed by atoms with E-state index in [1.807, 2.05) is 20.9 Å². The number of benzene rings is 1. The zero-order chi connectivity index (χ0) is 19.1. The molecule has 0 radical (unpaired) electrons. The highest BCUT2D eigenvalue weighted by atomic mass is 32.2. The van der Waals surface area contributed by atoms with Crippen molar-refractivity contribution in [3.8, 4) is 0 Å². The van der Waals surface area contributed by atoms with E-state index in [9.17, 15) is 4.79 Å². The highest BCUT2D eigenvalue weighted by Crippen LogP contribution is 2.23. The molecule has 1 amide bonds. The lowest BCUT2D eigenvalue weighted by molar-refractivity contribution is -0.125. The summed E-state index contributed by atoms with van der Waals surface area (Å²) in [5, 5.41) is 0. The van der Waals surface area contributed by atoms with Crippen LogP contribution in [0.1, 0.15) is 71.3 Å². The van der Waals surface area contributed by atoms with Crippen molar-refractivity contribution in [2.45, 2.75) is 77.2 Å². The maximum atomic E-state index is 12.1. The Morgan fingerprint density at radius 1 is 0.920 bits per heavy atom. The monoisotopic (exact) mass is 366 g/mol. The smallest absolute Gasteiger partial charge is 0.232 e. The van der Waals surface area contributed by atoms with Crippen LogP contribution < -0.4 is 0 Å². The molecule has 144 valence electrons. The van der Waals surface area contributed by atoms with Crippen LogP contribution in [0.15, 0.2) is 29.2 Å². The van der Waals surface area contributed by atoms with Gasteiger partial charge in [0.05, 0.1) is 0 Å². The second-order valence-electron chi connectivity index (χ2n) is 6.38. The van der Waals surface area contributed by atoms with E-state index in [4.69, 9.17) is 0 Å². The predicted molar refractivity (Wildman–Crippen MR) is 112 cm³/mol. The van der Waals surface area contributed by atoms with Crippen LogP contribution in [0.3, 0.4) is 0 Å². The van der Waals surface area contributed by atoms with Crippen LogP contribution in [0.5, 0.6) is 0 Å². The molecule has 0 aromatic heterocycles. The van der Waals surface area contributed by atoms with E-state index in [-0.39, 0.29) is 5.91 Å². The van der Waals surface area contributed by atoms with Crippen LogP contribution in [0.4, 0.5) is 0 Å². The average Bonchev–Trinajstić information content (AvgIpc) is 2.60. The highest BCUT2D eigenvalue weighted by Gasteiger charge is 2.10. The third kappa shape index (κ3) is 12.1. The van der Waals surface area contributed by atoms with Crippen LogP contribution in [-0.2, 0) is 11.3 Å². The number of unbranched alkanes of at least 4 members (excludes halogenated alkanes) is 5. The van der Waals surface area contributed by atoms with Gasteiger partial charge in [0.15, 0.2) is 0 Å². The van der Waals surface area contributed by atoms with Gasteiger partial charge in [-0.05, 0) is 50.2 Å². The molecule has 0 saturated carbocycles. The summed E-state index contributed by atoms with van der Waals surface area (Å²) in [6.45, 7) is 7.17. The van der Waals surface area contributed by atoms with Crippen molar-refractivity contribution >= 4 is 17.9 Å². The number of carbonyl (C=O) groups is 1. The fourth-order valence-corrected chi connectivity index (χ4v) is 3.21. The van der Waals surface area contributed by atoms with Crippen LogP contribution in [0, 0.1) is 0 Å². The van der Waals surface area contributed by atoms with E-state index in [0.29, 0.717) is 6.42 Å². The van der Waals surface area contributed by atoms with Crippen LogP contribution in [-0.4, -0.2) is 36.3 Å². The molecule has 0 aliphatic rings. The van der Waals surface area contributed by atoms with Gasteiger partial charge in [-0.15, -0.1) is 0 Å². The first-order valence-corrected chi connectivity index (χ1v) is 10.5. The molecule has 1 aromatic rings. The van der Waals surface area contributed by atoms with Crippen LogP contribution >= 0.6 is 11.9 Å². The Kier molecular flexibility index (Phi) is 14.7. The molecule has 0 heterocycles. The molecule has 25 heavy (non-hydrogen) atoms. The Morgan fingerprint density at radius 3 is 2.04 bits per heavy atom. The SMILES string of the molecule is CC.CCCCCCCCC(=O)N(C)Sc1ccc(CN(C)C)cc1. The second kappa shape index (κ2) is 15.3. The van der Waals surface area contributed by atoms with Crippen molar-refractivity contribution in [1.29, 1.82) is 0 Å². The minimum absolute atomic E-state index is 0.225. The molecule has 0 bridgehead atoms. The van der Waals surface area contributed by atoms with E-state index < -0.39 is 0 Å². The molecule has 0 atom stereocenters. The topological polar surface area (TPSA) is 23.6 Å². The average molecular weight is 367 g/mol. The van der Waals surface area contributed by atoms with Gasteiger partial charge in [0, 0.05) is 24.9 Å². The summed E-state index contributed by atoms with van der Waals surface area (Å²) in [6, 6.07) is 8.46. The molecule has 4 heteroatoms. The lowest BCUT2D eigenvalue weighted by Crippen LogP contribution is -2.18. The molecule has 0 spiro atoms. The number of nitrogens with zero attached hydrogens (tertiary/aromatic N) is 2. The van der Waals surface area contributed by atoms with E-state index in [0.717, 1.165) is 17.9 Å². The van der Waals surface area contributed by atoms with E-state index in [1.165, 1.54) is 49.6 Å². The Hall–Kier alpha value is -1.00. The van der Waals surface area contributed by atoms with Gasteiger partial charge in [-0.25, -0.2) is 0 Å². The minimum Gasteiger partial charge on any atom is -0.305 e. The van der Waals surface area contributed by atoms with Gasteiger partial charge < -0.3 is 4.90 Å². The largest absolute Gasteiger partial charge is 0.305 e. The number of carbonyl (C=O) groups excluding carboxylic acids is 1. The molecule has 3 nitrogen and oxygen atoms in total. The summed E-state index contributed by atoms with van der Waals surface area (Å²) < 4.78 is 1.77. The van der Waals surface area contributed by atoms with Crippen LogP contribution in [0.25, 0.3) is 0 Å². The number of hydrogen-bond donors (Lipinski definition) is 0. The Bertz CT molecular complexity index is 446. The third-order valence-electron chi connectivity index (χ3n) is 3.76. The molecule has 0 aliphatic carbocycles. The summed E-state index contributed by atoms with van der Waals surface area (Å²) in [7, 11) is 6.01. The van der Waals surface area contributed by atoms with Gasteiger partial charge in [-0.3, -0.25) is 9.10 Å². The number of amides is 1. The summed E-state index contributed by atoms with van der Waals surface area (Å²) in [4.78, 5) is 15.4. The van der Waals surface area contributed by atoms with Crippen molar-refractivity contribution in [1.82, 2.24) is 9.21 Å². The Labute approximate surface area is 160 Å². The minimum atomic E-state index is 0.225. The van der Waals surface area contributed by atoms with Gasteiger partial charge in [0.1, 0.15) is 0 Å². The second-order valence-corrected chi connectivity index (χ2v) is 7.58. The molecule has 0 fully saturated rings. The third-order valence-corrected chi connectivity index (χ3v) is 4.72.